The quantitative estimate of drug-likeness (QED) is 0.385. The Kier molecular flexibility index (Phi) is 10.5. The summed E-state index contributed by atoms with van der Waals surface area (Å²) in [4.78, 5) is 6.68. The van der Waals surface area contributed by atoms with Crippen molar-refractivity contribution in [2.45, 2.75) is 26.3 Å². The molecule has 1 rings (SSSR count). The van der Waals surface area contributed by atoms with Crippen LogP contribution in [0.15, 0.2) is 29.3 Å². The van der Waals surface area contributed by atoms with Crippen LogP contribution >= 0.6 is 11.6 Å². The first-order valence-corrected chi connectivity index (χ1v) is 8.97. The lowest BCUT2D eigenvalue weighted by Gasteiger charge is -2.31. The number of hydrogen-bond donors (Lipinski definition) is 2. The van der Waals surface area contributed by atoms with Gasteiger partial charge in [0.05, 0.1) is 6.04 Å². The Labute approximate surface area is 151 Å². The number of halogens is 1. The van der Waals surface area contributed by atoms with Crippen molar-refractivity contribution in [2.75, 3.05) is 46.9 Å². The molecule has 0 spiro atoms. The van der Waals surface area contributed by atoms with Gasteiger partial charge < -0.3 is 15.4 Å². The molecule has 0 heterocycles. The van der Waals surface area contributed by atoms with Crippen molar-refractivity contribution in [2.24, 2.45) is 4.99 Å². The zero-order valence-corrected chi connectivity index (χ0v) is 16.1. The van der Waals surface area contributed by atoms with Gasteiger partial charge in [-0.3, -0.25) is 9.89 Å². The van der Waals surface area contributed by atoms with Gasteiger partial charge in [0.15, 0.2) is 5.96 Å². The Balaban J connectivity index is 2.73. The van der Waals surface area contributed by atoms with E-state index in [2.05, 4.69) is 40.4 Å². The molecule has 136 valence electrons. The van der Waals surface area contributed by atoms with Crippen molar-refractivity contribution in [1.29, 1.82) is 0 Å². The predicted octanol–water partition coefficient (Wildman–Crippen LogP) is 2.92. The number of rotatable bonds is 10. The molecule has 2 N–H and O–H groups in total. The molecular weight excluding hydrogens is 324 g/mol. The molecule has 0 aliphatic carbocycles. The molecule has 5 nitrogen and oxygen atoms in total. The summed E-state index contributed by atoms with van der Waals surface area (Å²) in [6, 6.07) is 8.25. The van der Waals surface area contributed by atoms with Crippen molar-refractivity contribution in [3.8, 4) is 0 Å². The van der Waals surface area contributed by atoms with Crippen molar-refractivity contribution >= 4 is 17.6 Å². The van der Waals surface area contributed by atoms with Gasteiger partial charge in [-0.2, -0.15) is 0 Å². The fourth-order valence-electron chi connectivity index (χ4n) is 2.68. The van der Waals surface area contributed by atoms with E-state index in [1.807, 2.05) is 18.2 Å². The number of guanidine groups is 1. The summed E-state index contributed by atoms with van der Waals surface area (Å²) in [5, 5.41) is 7.53. The van der Waals surface area contributed by atoms with Gasteiger partial charge in [-0.05, 0) is 31.1 Å². The second-order valence-corrected chi connectivity index (χ2v) is 5.89. The zero-order valence-electron chi connectivity index (χ0n) is 15.3. The lowest BCUT2D eigenvalue weighted by Crippen LogP contribution is -2.43. The van der Waals surface area contributed by atoms with Crippen LogP contribution in [0.2, 0.25) is 5.02 Å². The molecular formula is C18H31ClN4O. The minimum atomic E-state index is 0.200. The number of ether oxygens (including phenoxy) is 1. The highest BCUT2D eigenvalue weighted by Crippen LogP contribution is 2.26. The van der Waals surface area contributed by atoms with Crippen molar-refractivity contribution in [3.63, 3.8) is 0 Å². The second kappa shape index (κ2) is 12.1. The van der Waals surface area contributed by atoms with E-state index in [-0.39, 0.29) is 6.04 Å². The molecule has 0 aliphatic heterocycles. The molecule has 0 saturated heterocycles. The van der Waals surface area contributed by atoms with Crippen LogP contribution in [0, 0.1) is 0 Å². The number of nitrogens with one attached hydrogen (secondary N) is 2. The first-order valence-electron chi connectivity index (χ1n) is 8.59. The normalized spacial score (nSPS) is 13.2. The monoisotopic (exact) mass is 354 g/mol. The maximum Gasteiger partial charge on any atom is 0.191 e. The van der Waals surface area contributed by atoms with Gasteiger partial charge in [-0.15, -0.1) is 0 Å². The van der Waals surface area contributed by atoms with Crippen molar-refractivity contribution in [1.82, 2.24) is 15.5 Å². The Morgan fingerprint density at radius 1 is 1.25 bits per heavy atom. The molecule has 0 saturated carbocycles. The highest BCUT2D eigenvalue weighted by molar-refractivity contribution is 6.31. The van der Waals surface area contributed by atoms with Gasteiger partial charge in [-0.25, -0.2) is 0 Å². The molecule has 1 aromatic carbocycles. The molecule has 1 unspecified atom stereocenters. The van der Waals surface area contributed by atoms with Crippen LogP contribution in [-0.2, 0) is 4.74 Å². The number of likely N-dealkylation sites (N-methyl/N-ethyl adjacent to an activating group) is 1. The third-order valence-electron chi connectivity index (χ3n) is 4.02. The first-order chi connectivity index (χ1) is 11.7. The maximum atomic E-state index is 6.43. The minimum Gasteiger partial charge on any atom is -0.385 e. The van der Waals surface area contributed by atoms with Gasteiger partial charge in [0.1, 0.15) is 0 Å². The third kappa shape index (κ3) is 6.67. The van der Waals surface area contributed by atoms with E-state index in [9.17, 15) is 0 Å². The number of hydrogen-bond acceptors (Lipinski definition) is 3. The Morgan fingerprint density at radius 2 is 1.96 bits per heavy atom. The van der Waals surface area contributed by atoms with Gasteiger partial charge in [0.2, 0.25) is 0 Å². The van der Waals surface area contributed by atoms with Crippen molar-refractivity contribution in [3.05, 3.63) is 34.9 Å². The Bertz CT molecular complexity index is 492. The van der Waals surface area contributed by atoms with Gasteiger partial charge in [-0.1, -0.05) is 43.6 Å². The van der Waals surface area contributed by atoms with E-state index < -0.39 is 0 Å². The van der Waals surface area contributed by atoms with E-state index in [0.29, 0.717) is 0 Å². The summed E-state index contributed by atoms with van der Waals surface area (Å²) in [5.41, 5.74) is 1.14. The smallest absolute Gasteiger partial charge is 0.191 e. The average Bonchev–Trinajstić information content (AvgIpc) is 2.61. The number of benzene rings is 1. The molecule has 0 aromatic heterocycles. The van der Waals surface area contributed by atoms with Crippen LogP contribution < -0.4 is 10.6 Å². The van der Waals surface area contributed by atoms with Crippen LogP contribution in [0.3, 0.4) is 0 Å². The van der Waals surface area contributed by atoms with E-state index in [0.717, 1.165) is 55.8 Å². The fourth-order valence-corrected chi connectivity index (χ4v) is 2.94. The minimum absolute atomic E-state index is 0.200. The molecule has 1 aromatic rings. The maximum absolute atomic E-state index is 6.43. The summed E-state index contributed by atoms with van der Waals surface area (Å²) < 4.78 is 5.07. The summed E-state index contributed by atoms with van der Waals surface area (Å²) >= 11 is 6.43. The lowest BCUT2D eigenvalue weighted by molar-refractivity contribution is 0.195. The molecule has 1 atom stereocenters. The lowest BCUT2D eigenvalue weighted by atomic mass is 10.0. The summed E-state index contributed by atoms with van der Waals surface area (Å²) in [6.45, 7) is 8.59. The van der Waals surface area contributed by atoms with Crippen LogP contribution in [-0.4, -0.2) is 57.8 Å². The standard InChI is InChI=1S/C18H31ClN4O/c1-5-23(6-2)17(15-10-7-8-11-16(15)19)14-22-18(20-3)21-12-9-13-24-4/h7-8,10-11,17H,5-6,9,12-14H2,1-4H3,(H2,20,21,22). The largest absolute Gasteiger partial charge is 0.385 e. The Morgan fingerprint density at radius 3 is 2.54 bits per heavy atom. The number of aliphatic imine (C=N–C) groups is 1. The average molecular weight is 355 g/mol. The molecule has 0 fully saturated rings. The van der Waals surface area contributed by atoms with Crippen LogP contribution in [0.5, 0.6) is 0 Å². The van der Waals surface area contributed by atoms with E-state index in [1.165, 1.54) is 0 Å². The van der Waals surface area contributed by atoms with Crippen LogP contribution in [0.1, 0.15) is 31.9 Å². The van der Waals surface area contributed by atoms with Crippen molar-refractivity contribution < 1.29 is 4.74 Å². The molecule has 0 radical (unpaired) electrons. The molecule has 0 bridgehead atoms. The fraction of sp³-hybridized carbons (Fsp3) is 0.611. The highest BCUT2D eigenvalue weighted by Gasteiger charge is 2.20. The van der Waals surface area contributed by atoms with Gasteiger partial charge in [0.25, 0.3) is 0 Å². The van der Waals surface area contributed by atoms with E-state index >= 15 is 0 Å². The SMILES string of the molecule is CCN(CC)C(CNC(=NC)NCCCOC)c1ccccc1Cl. The van der Waals surface area contributed by atoms with Crippen LogP contribution in [0.25, 0.3) is 0 Å². The topological polar surface area (TPSA) is 48.9 Å². The molecule has 6 heteroatoms. The third-order valence-corrected chi connectivity index (χ3v) is 4.37. The van der Waals surface area contributed by atoms with Gasteiger partial charge >= 0.3 is 0 Å². The van der Waals surface area contributed by atoms with E-state index in [1.54, 1.807) is 14.2 Å². The molecule has 0 amide bonds. The van der Waals surface area contributed by atoms with Crippen LogP contribution in [0.4, 0.5) is 0 Å². The number of methoxy groups -OCH3 is 1. The summed E-state index contributed by atoms with van der Waals surface area (Å²) in [7, 11) is 3.50. The Hall–Kier alpha value is -1.30. The number of nitrogens with zero attached hydrogens (tertiary/aromatic N) is 2. The predicted molar refractivity (Wildman–Crippen MR) is 103 cm³/mol. The first kappa shape index (κ1) is 20.7. The second-order valence-electron chi connectivity index (χ2n) is 5.48. The zero-order chi connectivity index (χ0) is 17.8. The van der Waals surface area contributed by atoms with Gasteiger partial charge in [0, 0.05) is 38.9 Å². The highest BCUT2D eigenvalue weighted by atomic mass is 35.5. The van der Waals surface area contributed by atoms with E-state index in [4.69, 9.17) is 16.3 Å². The summed E-state index contributed by atoms with van der Waals surface area (Å²) in [6.07, 6.45) is 0.946. The molecule has 24 heavy (non-hydrogen) atoms. The summed E-state index contributed by atoms with van der Waals surface area (Å²) in [5.74, 6) is 0.801. The molecule has 0 aliphatic rings.